The lowest BCUT2D eigenvalue weighted by molar-refractivity contribution is 0.526. The molecule has 0 saturated heterocycles. The molecule has 0 bridgehead atoms. The predicted octanol–water partition coefficient (Wildman–Crippen LogP) is 3.33. The van der Waals surface area contributed by atoms with Gasteiger partial charge in [-0.1, -0.05) is 41.5 Å². The van der Waals surface area contributed by atoms with Crippen LogP contribution in [-0.4, -0.2) is 14.6 Å². The predicted molar refractivity (Wildman–Crippen MR) is 82.0 cm³/mol. The van der Waals surface area contributed by atoms with E-state index in [1.54, 1.807) is 6.20 Å². The van der Waals surface area contributed by atoms with Crippen LogP contribution in [0.3, 0.4) is 0 Å². The fraction of sp³-hybridized carbons (Fsp3) is 0.571. The van der Waals surface area contributed by atoms with Crippen molar-refractivity contribution in [2.45, 2.75) is 52.4 Å². The summed E-state index contributed by atoms with van der Waals surface area (Å²) in [5.74, 6) is 0. The Hall–Kier alpha value is -1.29. The van der Waals surface area contributed by atoms with Gasteiger partial charge in [-0.25, -0.2) is 9.50 Å². The molecule has 0 atom stereocenters. The van der Waals surface area contributed by atoms with Crippen molar-refractivity contribution in [1.29, 1.82) is 0 Å². The summed E-state index contributed by atoms with van der Waals surface area (Å²) < 4.78 is 1.85. The smallest absolute Gasteiger partial charge is 0.178 e. The van der Waals surface area contributed by atoms with E-state index in [1.807, 2.05) is 4.52 Å². The standard InChI is InChI=1S/C14H22N4.ClH/c1-13(2,3)10-7-11(14(4,5)6)18-12(17-10)9(15)8-16-18;/h7-8H,15H2,1-6H3;1H. The van der Waals surface area contributed by atoms with Crippen LogP contribution >= 0.6 is 12.4 Å². The van der Waals surface area contributed by atoms with Crippen LogP contribution in [0.4, 0.5) is 5.69 Å². The first-order valence-corrected chi connectivity index (χ1v) is 6.26. The minimum absolute atomic E-state index is 0. The van der Waals surface area contributed by atoms with Gasteiger partial charge in [0.25, 0.3) is 0 Å². The largest absolute Gasteiger partial charge is 0.394 e. The summed E-state index contributed by atoms with van der Waals surface area (Å²) in [7, 11) is 0. The molecule has 2 aromatic heterocycles. The molecular formula is C14H23ClN4. The molecule has 4 nitrogen and oxygen atoms in total. The second-order valence-corrected chi connectivity index (χ2v) is 6.86. The van der Waals surface area contributed by atoms with E-state index in [9.17, 15) is 0 Å². The Morgan fingerprint density at radius 2 is 1.63 bits per heavy atom. The van der Waals surface area contributed by atoms with E-state index in [1.165, 1.54) is 0 Å². The molecule has 2 rings (SSSR count). The average Bonchev–Trinajstić information content (AvgIpc) is 2.56. The van der Waals surface area contributed by atoms with Crippen molar-refractivity contribution < 1.29 is 0 Å². The quantitative estimate of drug-likeness (QED) is 0.806. The van der Waals surface area contributed by atoms with Crippen LogP contribution in [0.1, 0.15) is 52.9 Å². The van der Waals surface area contributed by atoms with E-state index in [-0.39, 0.29) is 23.2 Å². The topological polar surface area (TPSA) is 56.2 Å². The minimum atomic E-state index is -0.00153. The Morgan fingerprint density at radius 3 is 2.11 bits per heavy atom. The fourth-order valence-corrected chi connectivity index (χ4v) is 1.90. The first kappa shape index (κ1) is 15.8. The van der Waals surface area contributed by atoms with Crippen LogP contribution in [0, 0.1) is 0 Å². The molecule has 0 spiro atoms. The molecule has 0 aliphatic heterocycles. The van der Waals surface area contributed by atoms with Crippen LogP contribution in [-0.2, 0) is 10.8 Å². The van der Waals surface area contributed by atoms with Gasteiger partial charge in [-0.05, 0) is 6.07 Å². The number of fused-ring (bicyclic) bond motifs is 1. The molecule has 0 saturated carbocycles. The van der Waals surface area contributed by atoms with E-state index >= 15 is 0 Å². The molecule has 0 radical (unpaired) electrons. The number of hydrogen-bond donors (Lipinski definition) is 1. The molecule has 5 heteroatoms. The zero-order valence-electron chi connectivity index (χ0n) is 12.5. The van der Waals surface area contributed by atoms with Crippen LogP contribution < -0.4 is 5.73 Å². The highest BCUT2D eigenvalue weighted by Crippen LogP contribution is 2.29. The monoisotopic (exact) mass is 282 g/mol. The van der Waals surface area contributed by atoms with Crippen molar-refractivity contribution in [3.8, 4) is 0 Å². The molecule has 0 aliphatic rings. The van der Waals surface area contributed by atoms with Crippen molar-refractivity contribution in [1.82, 2.24) is 14.6 Å². The van der Waals surface area contributed by atoms with Gasteiger partial charge >= 0.3 is 0 Å². The van der Waals surface area contributed by atoms with Crippen molar-refractivity contribution in [2.24, 2.45) is 0 Å². The zero-order chi connectivity index (χ0) is 13.7. The average molecular weight is 283 g/mol. The molecule has 0 unspecified atom stereocenters. The Kier molecular flexibility index (Phi) is 3.88. The van der Waals surface area contributed by atoms with Crippen molar-refractivity contribution >= 4 is 23.7 Å². The third-order valence-corrected chi connectivity index (χ3v) is 3.04. The number of hydrogen-bond acceptors (Lipinski definition) is 3. The summed E-state index contributed by atoms with van der Waals surface area (Å²) in [6.45, 7) is 13.0. The molecule has 2 heterocycles. The van der Waals surface area contributed by atoms with Crippen LogP contribution in [0.15, 0.2) is 12.3 Å². The van der Waals surface area contributed by atoms with Crippen molar-refractivity contribution in [3.05, 3.63) is 23.7 Å². The highest BCUT2D eigenvalue weighted by molar-refractivity contribution is 5.85. The van der Waals surface area contributed by atoms with Gasteiger partial charge in [0.1, 0.15) is 0 Å². The maximum atomic E-state index is 5.95. The third kappa shape index (κ3) is 2.84. The number of nitrogens with two attached hydrogens (primary N) is 1. The molecule has 2 aromatic rings. The highest BCUT2D eigenvalue weighted by Gasteiger charge is 2.24. The first-order chi connectivity index (χ1) is 8.10. The number of aromatic nitrogens is 3. The summed E-state index contributed by atoms with van der Waals surface area (Å²) in [5.41, 5.74) is 9.52. The van der Waals surface area contributed by atoms with Crippen LogP contribution in [0.25, 0.3) is 5.65 Å². The minimum Gasteiger partial charge on any atom is -0.394 e. The molecule has 0 aliphatic carbocycles. The summed E-state index contributed by atoms with van der Waals surface area (Å²) in [5, 5.41) is 4.34. The number of rotatable bonds is 0. The van der Waals surface area contributed by atoms with Gasteiger partial charge in [0.05, 0.1) is 23.3 Å². The highest BCUT2D eigenvalue weighted by atomic mass is 35.5. The molecule has 2 N–H and O–H groups in total. The van der Waals surface area contributed by atoms with Gasteiger partial charge in [-0.2, -0.15) is 5.10 Å². The Balaban J connectivity index is 0.00000180. The second-order valence-electron chi connectivity index (χ2n) is 6.86. The van der Waals surface area contributed by atoms with Gasteiger partial charge in [0.2, 0.25) is 0 Å². The van der Waals surface area contributed by atoms with E-state index in [0.29, 0.717) is 5.69 Å². The normalized spacial score (nSPS) is 12.5. The van der Waals surface area contributed by atoms with E-state index in [0.717, 1.165) is 17.0 Å². The molecule has 0 aromatic carbocycles. The summed E-state index contributed by atoms with van der Waals surface area (Å²) in [6, 6.07) is 2.14. The molecular weight excluding hydrogens is 260 g/mol. The van der Waals surface area contributed by atoms with Gasteiger partial charge in [0.15, 0.2) is 5.65 Å². The van der Waals surface area contributed by atoms with Gasteiger partial charge in [-0.15, -0.1) is 12.4 Å². The Labute approximate surface area is 120 Å². The fourth-order valence-electron chi connectivity index (χ4n) is 1.90. The summed E-state index contributed by atoms with van der Waals surface area (Å²) in [4.78, 5) is 4.66. The van der Waals surface area contributed by atoms with E-state index in [4.69, 9.17) is 5.73 Å². The molecule has 0 amide bonds. The number of nitrogen functional groups attached to an aromatic ring is 1. The maximum absolute atomic E-state index is 5.95. The SMILES string of the molecule is CC(C)(C)c1cc(C(C)(C)C)n2ncc(N)c2n1.Cl. The van der Waals surface area contributed by atoms with Crippen LogP contribution in [0.2, 0.25) is 0 Å². The lowest BCUT2D eigenvalue weighted by atomic mass is 9.86. The molecule has 106 valence electrons. The number of anilines is 1. The van der Waals surface area contributed by atoms with E-state index < -0.39 is 0 Å². The van der Waals surface area contributed by atoms with Crippen molar-refractivity contribution in [3.63, 3.8) is 0 Å². The second kappa shape index (κ2) is 4.67. The van der Waals surface area contributed by atoms with E-state index in [2.05, 4.69) is 57.7 Å². The first-order valence-electron chi connectivity index (χ1n) is 6.26. The van der Waals surface area contributed by atoms with Crippen molar-refractivity contribution in [2.75, 3.05) is 5.73 Å². The lowest BCUT2D eigenvalue weighted by Crippen LogP contribution is -2.22. The number of halogens is 1. The lowest BCUT2D eigenvalue weighted by Gasteiger charge is -2.24. The molecule has 0 fully saturated rings. The van der Waals surface area contributed by atoms with Gasteiger partial charge in [0, 0.05) is 10.8 Å². The molecule has 19 heavy (non-hydrogen) atoms. The zero-order valence-corrected chi connectivity index (χ0v) is 13.3. The summed E-state index contributed by atoms with van der Waals surface area (Å²) in [6.07, 6.45) is 1.67. The van der Waals surface area contributed by atoms with Gasteiger partial charge in [-0.3, -0.25) is 0 Å². The maximum Gasteiger partial charge on any atom is 0.178 e. The third-order valence-electron chi connectivity index (χ3n) is 3.04. The summed E-state index contributed by atoms with van der Waals surface area (Å²) >= 11 is 0. The van der Waals surface area contributed by atoms with Crippen LogP contribution in [0.5, 0.6) is 0 Å². The Bertz CT molecular complexity index is 588. The Morgan fingerprint density at radius 1 is 1.05 bits per heavy atom. The number of nitrogens with zero attached hydrogens (tertiary/aromatic N) is 3. The van der Waals surface area contributed by atoms with Gasteiger partial charge < -0.3 is 5.73 Å².